The number of carbonyl (C=O) groups excluding carboxylic acids is 1. The molecule has 1 amide bonds. The van der Waals surface area contributed by atoms with E-state index in [4.69, 9.17) is 0 Å². The van der Waals surface area contributed by atoms with Gasteiger partial charge in [-0.25, -0.2) is 4.39 Å². The Hall–Kier alpha value is -3.21. The quantitative estimate of drug-likeness (QED) is 0.749. The fourth-order valence-electron chi connectivity index (χ4n) is 2.23. The summed E-state index contributed by atoms with van der Waals surface area (Å²) >= 11 is 0. The maximum atomic E-state index is 13.7. The Morgan fingerprint density at radius 1 is 1.00 bits per heavy atom. The normalized spacial score (nSPS) is 10.2. The van der Waals surface area contributed by atoms with Gasteiger partial charge in [-0.05, 0) is 23.8 Å². The van der Waals surface area contributed by atoms with E-state index in [1.54, 1.807) is 30.5 Å². The molecule has 3 aromatic rings. The van der Waals surface area contributed by atoms with Crippen molar-refractivity contribution in [3.8, 4) is 0 Å². The van der Waals surface area contributed by atoms with Crippen molar-refractivity contribution in [2.45, 2.75) is 6.54 Å². The summed E-state index contributed by atoms with van der Waals surface area (Å²) in [6, 6.07) is 17.6. The molecule has 0 fully saturated rings. The minimum absolute atomic E-state index is 0.233. The molecule has 1 heterocycles. The Morgan fingerprint density at radius 2 is 1.75 bits per heavy atom. The van der Waals surface area contributed by atoms with E-state index >= 15 is 0 Å². The van der Waals surface area contributed by atoms with Crippen LogP contribution in [0.2, 0.25) is 0 Å². The van der Waals surface area contributed by atoms with E-state index in [1.807, 2.05) is 30.3 Å². The molecule has 0 aliphatic carbocycles. The third-order valence-corrected chi connectivity index (χ3v) is 3.45. The van der Waals surface area contributed by atoms with Crippen LogP contribution in [-0.2, 0) is 6.54 Å². The van der Waals surface area contributed by atoms with Gasteiger partial charge in [0, 0.05) is 12.7 Å². The van der Waals surface area contributed by atoms with Gasteiger partial charge in [0.2, 0.25) is 0 Å². The second kappa shape index (κ2) is 7.37. The highest BCUT2D eigenvalue weighted by molar-refractivity contribution is 5.94. The smallest absolute Gasteiger partial charge is 0.253 e. The lowest BCUT2D eigenvalue weighted by Crippen LogP contribution is -2.22. The summed E-state index contributed by atoms with van der Waals surface area (Å²) < 4.78 is 13.7. The number of rotatable bonds is 5. The number of pyridine rings is 1. The molecule has 0 spiro atoms. The zero-order valence-electron chi connectivity index (χ0n) is 12.9. The molecule has 24 heavy (non-hydrogen) atoms. The molecule has 2 aromatic carbocycles. The van der Waals surface area contributed by atoms with E-state index in [0.717, 1.165) is 5.56 Å². The number of aromatic nitrogens is 1. The van der Waals surface area contributed by atoms with Crippen molar-refractivity contribution < 1.29 is 9.18 Å². The van der Waals surface area contributed by atoms with Crippen LogP contribution in [-0.4, -0.2) is 10.9 Å². The molecule has 0 aliphatic heterocycles. The summed E-state index contributed by atoms with van der Waals surface area (Å²) in [7, 11) is 0. The number of benzene rings is 2. The summed E-state index contributed by atoms with van der Waals surface area (Å²) in [5, 5.41) is 5.76. The Labute approximate surface area is 139 Å². The van der Waals surface area contributed by atoms with Crippen molar-refractivity contribution in [1.29, 1.82) is 0 Å². The second-order valence-corrected chi connectivity index (χ2v) is 5.24. The predicted molar refractivity (Wildman–Crippen MR) is 91.5 cm³/mol. The topological polar surface area (TPSA) is 54.0 Å². The number of carbonyl (C=O) groups is 1. The summed E-state index contributed by atoms with van der Waals surface area (Å²) in [5.41, 5.74) is 2.31. The van der Waals surface area contributed by atoms with Crippen LogP contribution in [0.25, 0.3) is 0 Å². The molecule has 1 aromatic heterocycles. The molecule has 0 saturated carbocycles. The monoisotopic (exact) mass is 321 g/mol. The second-order valence-electron chi connectivity index (χ2n) is 5.24. The third kappa shape index (κ3) is 3.95. The first-order chi connectivity index (χ1) is 11.7. The molecule has 0 aliphatic rings. The Kier molecular flexibility index (Phi) is 4.81. The SMILES string of the molecule is O=C(NCc1ccccc1)c1cncc(Nc2ccccc2F)c1. The van der Waals surface area contributed by atoms with Gasteiger partial charge in [-0.2, -0.15) is 0 Å². The van der Waals surface area contributed by atoms with E-state index in [0.29, 0.717) is 23.5 Å². The Balaban J connectivity index is 1.68. The van der Waals surface area contributed by atoms with Crippen molar-refractivity contribution in [3.05, 3.63) is 90.0 Å². The van der Waals surface area contributed by atoms with Gasteiger partial charge in [0.05, 0.1) is 23.1 Å². The lowest BCUT2D eigenvalue weighted by atomic mass is 10.2. The van der Waals surface area contributed by atoms with Crippen molar-refractivity contribution in [2.24, 2.45) is 0 Å². The molecule has 120 valence electrons. The minimum Gasteiger partial charge on any atom is -0.352 e. The van der Waals surface area contributed by atoms with Gasteiger partial charge >= 0.3 is 0 Å². The zero-order valence-corrected chi connectivity index (χ0v) is 12.9. The fourth-order valence-corrected chi connectivity index (χ4v) is 2.23. The zero-order chi connectivity index (χ0) is 16.8. The summed E-state index contributed by atoms with van der Waals surface area (Å²) in [5.74, 6) is -0.597. The lowest BCUT2D eigenvalue weighted by molar-refractivity contribution is 0.0950. The third-order valence-electron chi connectivity index (χ3n) is 3.45. The number of para-hydroxylation sites is 1. The van der Waals surface area contributed by atoms with Crippen molar-refractivity contribution >= 4 is 17.3 Å². The number of halogens is 1. The molecule has 0 radical (unpaired) electrons. The molecule has 0 atom stereocenters. The molecular weight excluding hydrogens is 305 g/mol. The van der Waals surface area contributed by atoms with Gasteiger partial charge in [0.25, 0.3) is 5.91 Å². The van der Waals surface area contributed by atoms with Gasteiger partial charge in [-0.3, -0.25) is 9.78 Å². The number of hydrogen-bond donors (Lipinski definition) is 2. The molecule has 0 bridgehead atoms. The summed E-state index contributed by atoms with van der Waals surface area (Å²) in [6.45, 7) is 0.435. The first-order valence-electron chi connectivity index (χ1n) is 7.51. The molecule has 0 unspecified atom stereocenters. The predicted octanol–water partition coefficient (Wildman–Crippen LogP) is 3.89. The summed E-state index contributed by atoms with van der Waals surface area (Å²) in [6.07, 6.45) is 3.02. The van der Waals surface area contributed by atoms with Crippen LogP contribution in [0.4, 0.5) is 15.8 Å². The molecule has 4 nitrogen and oxygen atoms in total. The van der Waals surface area contributed by atoms with E-state index < -0.39 is 0 Å². The van der Waals surface area contributed by atoms with Crippen LogP contribution in [0, 0.1) is 5.82 Å². The number of amides is 1. The number of nitrogens with one attached hydrogen (secondary N) is 2. The van der Waals surface area contributed by atoms with E-state index in [-0.39, 0.29) is 11.7 Å². The van der Waals surface area contributed by atoms with Crippen LogP contribution in [0.1, 0.15) is 15.9 Å². The van der Waals surface area contributed by atoms with Gasteiger partial charge in [0.1, 0.15) is 5.82 Å². The van der Waals surface area contributed by atoms with Crippen LogP contribution in [0.15, 0.2) is 73.1 Å². The number of nitrogens with zero attached hydrogens (tertiary/aromatic N) is 1. The maximum absolute atomic E-state index is 13.7. The van der Waals surface area contributed by atoms with Crippen molar-refractivity contribution in [1.82, 2.24) is 10.3 Å². The van der Waals surface area contributed by atoms with Gasteiger partial charge in [-0.1, -0.05) is 42.5 Å². The summed E-state index contributed by atoms with van der Waals surface area (Å²) in [4.78, 5) is 16.3. The van der Waals surface area contributed by atoms with E-state index in [9.17, 15) is 9.18 Å². The van der Waals surface area contributed by atoms with Gasteiger partial charge in [0.15, 0.2) is 0 Å². The van der Waals surface area contributed by atoms with Crippen molar-refractivity contribution in [3.63, 3.8) is 0 Å². The van der Waals surface area contributed by atoms with E-state index in [1.165, 1.54) is 12.3 Å². The average molecular weight is 321 g/mol. The van der Waals surface area contributed by atoms with Crippen LogP contribution in [0.3, 0.4) is 0 Å². The maximum Gasteiger partial charge on any atom is 0.253 e. The van der Waals surface area contributed by atoms with E-state index in [2.05, 4.69) is 15.6 Å². The number of hydrogen-bond acceptors (Lipinski definition) is 3. The molecular formula is C19H16FN3O. The fraction of sp³-hybridized carbons (Fsp3) is 0.0526. The first-order valence-corrected chi connectivity index (χ1v) is 7.51. The Morgan fingerprint density at radius 3 is 2.54 bits per heavy atom. The molecule has 3 rings (SSSR count). The highest BCUT2D eigenvalue weighted by Crippen LogP contribution is 2.19. The highest BCUT2D eigenvalue weighted by Gasteiger charge is 2.08. The minimum atomic E-state index is -0.364. The lowest BCUT2D eigenvalue weighted by Gasteiger charge is -2.09. The van der Waals surface area contributed by atoms with Crippen LogP contribution < -0.4 is 10.6 Å². The number of anilines is 2. The molecule has 0 saturated heterocycles. The Bertz CT molecular complexity index is 837. The molecule has 5 heteroatoms. The van der Waals surface area contributed by atoms with Crippen LogP contribution >= 0.6 is 0 Å². The first kappa shape index (κ1) is 15.7. The largest absolute Gasteiger partial charge is 0.352 e. The average Bonchev–Trinajstić information content (AvgIpc) is 2.63. The van der Waals surface area contributed by atoms with Gasteiger partial charge in [-0.15, -0.1) is 0 Å². The highest BCUT2D eigenvalue weighted by atomic mass is 19.1. The van der Waals surface area contributed by atoms with Crippen LogP contribution in [0.5, 0.6) is 0 Å². The van der Waals surface area contributed by atoms with Crippen molar-refractivity contribution in [2.75, 3.05) is 5.32 Å². The van der Waals surface area contributed by atoms with Gasteiger partial charge < -0.3 is 10.6 Å². The molecule has 2 N–H and O–H groups in total. The standard InChI is InChI=1S/C19H16FN3O/c20-17-8-4-5-9-18(17)23-16-10-15(12-21-13-16)19(24)22-11-14-6-2-1-3-7-14/h1-10,12-13,23H,11H2,(H,22,24).